The Morgan fingerprint density at radius 1 is 1.24 bits per heavy atom. The highest BCUT2D eigenvalue weighted by Crippen LogP contribution is 2.24. The van der Waals surface area contributed by atoms with Crippen LogP contribution in [0.4, 0.5) is 8.78 Å². The molecule has 0 saturated heterocycles. The van der Waals surface area contributed by atoms with Crippen LogP contribution in [0.25, 0.3) is 5.52 Å². The number of halogens is 2. The molecule has 0 aliphatic heterocycles. The van der Waals surface area contributed by atoms with Crippen molar-refractivity contribution >= 4 is 5.52 Å². The van der Waals surface area contributed by atoms with Crippen LogP contribution in [0.2, 0.25) is 0 Å². The van der Waals surface area contributed by atoms with Crippen LogP contribution in [-0.4, -0.2) is 16.7 Å². The second-order valence-corrected chi connectivity index (χ2v) is 4.91. The molecule has 0 fully saturated rings. The van der Waals surface area contributed by atoms with Crippen molar-refractivity contribution in [2.75, 3.05) is 7.05 Å². The van der Waals surface area contributed by atoms with Crippen molar-refractivity contribution in [2.24, 2.45) is 0 Å². The van der Waals surface area contributed by atoms with Crippen molar-refractivity contribution < 1.29 is 8.78 Å². The number of aromatic nitrogens is 2. The molecule has 0 saturated carbocycles. The molecule has 1 unspecified atom stereocenters. The van der Waals surface area contributed by atoms with E-state index in [-0.39, 0.29) is 6.04 Å². The van der Waals surface area contributed by atoms with Gasteiger partial charge in [-0.1, -0.05) is 6.07 Å². The molecule has 0 spiro atoms. The Balaban J connectivity index is 1.97. The van der Waals surface area contributed by atoms with Gasteiger partial charge in [0.2, 0.25) is 0 Å². The van der Waals surface area contributed by atoms with Crippen LogP contribution >= 0.6 is 0 Å². The number of hydrogen-bond acceptors (Lipinski definition) is 2. The summed E-state index contributed by atoms with van der Waals surface area (Å²) in [5, 5.41) is 7.43. The maximum atomic E-state index is 13.8. The van der Waals surface area contributed by atoms with E-state index in [9.17, 15) is 8.78 Å². The summed E-state index contributed by atoms with van der Waals surface area (Å²) in [6.45, 7) is 0. The monoisotopic (exact) mass is 287 g/mol. The molecule has 0 amide bonds. The molecule has 1 atom stereocenters. The third kappa shape index (κ3) is 2.64. The Hall–Kier alpha value is -2.27. The van der Waals surface area contributed by atoms with E-state index in [0.29, 0.717) is 12.0 Å². The molecule has 0 radical (unpaired) electrons. The van der Waals surface area contributed by atoms with E-state index in [2.05, 4.69) is 10.4 Å². The predicted octanol–water partition coefficient (Wildman–Crippen LogP) is 3.12. The fraction of sp³-hybridized carbons (Fsp3) is 0.188. The van der Waals surface area contributed by atoms with E-state index in [1.807, 2.05) is 24.4 Å². The minimum absolute atomic E-state index is 0.138. The summed E-state index contributed by atoms with van der Waals surface area (Å²) in [6.07, 6.45) is 3.97. The largest absolute Gasteiger partial charge is 0.313 e. The van der Waals surface area contributed by atoms with E-state index >= 15 is 0 Å². The molecule has 3 nitrogen and oxygen atoms in total. The van der Waals surface area contributed by atoms with Crippen molar-refractivity contribution in [3.8, 4) is 0 Å². The Morgan fingerprint density at radius 3 is 2.90 bits per heavy atom. The van der Waals surface area contributed by atoms with E-state index in [4.69, 9.17) is 0 Å². The van der Waals surface area contributed by atoms with Gasteiger partial charge in [0.25, 0.3) is 0 Å². The van der Waals surface area contributed by atoms with Crippen LogP contribution in [0.15, 0.2) is 48.8 Å². The van der Waals surface area contributed by atoms with Crippen molar-refractivity contribution in [1.29, 1.82) is 0 Å². The van der Waals surface area contributed by atoms with Crippen molar-refractivity contribution in [3.05, 3.63) is 71.6 Å². The Morgan fingerprint density at radius 2 is 2.10 bits per heavy atom. The van der Waals surface area contributed by atoms with Crippen LogP contribution in [0, 0.1) is 11.6 Å². The number of likely N-dealkylation sites (N-methyl/N-ethyl adjacent to an activating group) is 1. The zero-order chi connectivity index (χ0) is 14.8. The first-order chi connectivity index (χ1) is 10.2. The standard InChI is InChI=1S/C16H15F2N3/c1-19-15(9-11-8-12(17)5-6-14(11)18)13-10-20-21-7-3-2-4-16(13)21/h2-8,10,15,19H,9H2,1H3. The number of hydrogen-bond donors (Lipinski definition) is 1. The Labute approximate surface area is 121 Å². The molecule has 108 valence electrons. The zero-order valence-corrected chi connectivity index (χ0v) is 11.6. The highest BCUT2D eigenvalue weighted by atomic mass is 19.1. The molecule has 2 aromatic heterocycles. The first-order valence-electron chi connectivity index (χ1n) is 6.72. The average Bonchev–Trinajstić information content (AvgIpc) is 2.92. The summed E-state index contributed by atoms with van der Waals surface area (Å²) in [6, 6.07) is 9.16. The molecule has 3 rings (SSSR count). The molecule has 2 heterocycles. The lowest BCUT2D eigenvalue weighted by molar-refractivity contribution is 0.545. The van der Waals surface area contributed by atoms with Gasteiger partial charge in [-0.05, 0) is 49.4 Å². The van der Waals surface area contributed by atoms with Gasteiger partial charge in [0, 0.05) is 17.8 Å². The molecule has 0 bridgehead atoms. The van der Waals surface area contributed by atoms with Crippen LogP contribution in [0.1, 0.15) is 17.2 Å². The maximum Gasteiger partial charge on any atom is 0.126 e. The van der Waals surface area contributed by atoms with E-state index in [1.165, 1.54) is 6.07 Å². The summed E-state index contributed by atoms with van der Waals surface area (Å²) >= 11 is 0. The van der Waals surface area contributed by atoms with E-state index in [0.717, 1.165) is 23.2 Å². The third-order valence-electron chi connectivity index (χ3n) is 3.61. The lowest BCUT2D eigenvalue weighted by atomic mass is 9.99. The number of pyridine rings is 1. The molecule has 21 heavy (non-hydrogen) atoms. The summed E-state index contributed by atoms with van der Waals surface area (Å²) < 4.78 is 28.9. The minimum Gasteiger partial charge on any atom is -0.313 e. The first-order valence-corrected chi connectivity index (χ1v) is 6.72. The van der Waals surface area contributed by atoms with Crippen molar-refractivity contribution in [1.82, 2.24) is 14.9 Å². The van der Waals surface area contributed by atoms with Gasteiger partial charge in [0.05, 0.1) is 11.7 Å². The second kappa shape index (κ2) is 5.61. The fourth-order valence-electron chi connectivity index (χ4n) is 2.51. The molecule has 0 aliphatic carbocycles. The second-order valence-electron chi connectivity index (χ2n) is 4.91. The van der Waals surface area contributed by atoms with Gasteiger partial charge in [-0.2, -0.15) is 5.10 Å². The van der Waals surface area contributed by atoms with Gasteiger partial charge in [0.15, 0.2) is 0 Å². The van der Waals surface area contributed by atoms with Gasteiger partial charge in [-0.3, -0.25) is 0 Å². The number of rotatable bonds is 4. The van der Waals surface area contributed by atoms with E-state index < -0.39 is 11.6 Å². The van der Waals surface area contributed by atoms with Gasteiger partial charge in [0.1, 0.15) is 11.6 Å². The van der Waals surface area contributed by atoms with Crippen LogP contribution in [-0.2, 0) is 6.42 Å². The number of fused-ring (bicyclic) bond motifs is 1. The normalized spacial score (nSPS) is 12.7. The topological polar surface area (TPSA) is 29.3 Å². The zero-order valence-electron chi connectivity index (χ0n) is 11.6. The smallest absolute Gasteiger partial charge is 0.126 e. The fourth-order valence-corrected chi connectivity index (χ4v) is 2.51. The van der Waals surface area contributed by atoms with Crippen LogP contribution < -0.4 is 5.32 Å². The number of nitrogens with one attached hydrogen (secondary N) is 1. The molecular formula is C16H15F2N3. The lowest BCUT2D eigenvalue weighted by Crippen LogP contribution is -2.19. The minimum atomic E-state index is -0.430. The summed E-state index contributed by atoms with van der Waals surface area (Å²) in [4.78, 5) is 0. The Kier molecular flexibility index (Phi) is 3.66. The molecule has 1 aromatic carbocycles. The summed E-state index contributed by atoms with van der Waals surface area (Å²) in [5.74, 6) is -0.825. The summed E-state index contributed by atoms with van der Waals surface area (Å²) in [7, 11) is 1.80. The molecule has 5 heteroatoms. The lowest BCUT2D eigenvalue weighted by Gasteiger charge is -2.16. The predicted molar refractivity (Wildman–Crippen MR) is 77.1 cm³/mol. The quantitative estimate of drug-likeness (QED) is 0.799. The number of nitrogens with zero attached hydrogens (tertiary/aromatic N) is 2. The third-order valence-corrected chi connectivity index (χ3v) is 3.61. The average molecular weight is 287 g/mol. The highest BCUT2D eigenvalue weighted by Gasteiger charge is 2.17. The van der Waals surface area contributed by atoms with Crippen LogP contribution in [0.3, 0.4) is 0 Å². The van der Waals surface area contributed by atoms with Gasteiger partial charge in [-0.15, -0.1) is 0 Å². The van der Waals surface area contributed by atoms with Gasteiger partial charge < -0.3 is 5.32 Å². The Bertz CT molecular complexity index is 767. The maximum absolute atomic E-state index is 13.8. The van der Waals surface area contributed by atoms with Crippen LogP contribution in [0.5, 0.6) is 0 Å². The SMILES string of the molecule is CNC(Cc1cc(F)ccc1F)c1cnn2ccccc12. The molecule has 3 aromatic rings. The highest BCUT2D eigenvalue weighted by molar-refractivity contribution is 5.55. The van der Waals surface area contributed by atoms with Crippen molar-refractivity contribution in [2.45, 2.75) is 12.5 Å². The number of benzene rings is 1. The van der Waals surface area contributed by atoms with E-state index in [1.54, 1.807) is 17.8 Å². The first kappa shape index (κ1) is 13.7. The van der Waals surface area contributed by atoms with Gasteiger partial charge >= 0.3 is 0 Å². The van der Waals surface area contributed by atoms with Crippen molar-refractivity contribution in [3.63, 3.8) is 0 Å². The van der Waals surface area contributed by atoms with Gasteiger partial charge in [-0.25, -0.2) is 13.3 Å². The summed E-state index contributed by atoms with van der Waals surface area (Å²) in [5.41, 5.74) is 2.26. The molecule has 0 aliphatic rings. The molecular weight excluding hydrogens is 272 g/mol. The molecule has 1 N–H and O–H groups in total.